The second kappa shape index (κ2) is 6.30. The third kappa shape index (κ3) is 3.67. The van der Waals surface area contributed by atoms with Gasteiger partial charge in [0.25, 0.3) is 0 Å². The number of methoxy groups -OCH3 is 1. The van der Waals surface area contributed by atoms with E-state index in [2.05, 4.69) is 4.74 Å². The lowest BCUT2D eigenvalue weighted by atomic mass is 10.1. The summed E-state index contributed by atoms with van der Waals surface area (Å²) in [6.07, 6.45) is 0.275. The van der Waals surface area contributed by atoms with Gasteiger partial charge in [-0.1, -0.05) is 6.07 Å². The van der Waals surface area contributed by atoms with Gasteiger partial charge >= 0.3 is 5.97 Å². The maximum absolute atomic E-state index is 12.8. The van der Waals surface area contributed by atoms with E-state index in [-0.39, 0.29) is 24.5 Å². The highest BCUT2D eigenvalue weighted by atomic mass is 35.5. The van der Waals surface area contributed by atoms with Crippen LogP contribution >= 0.6 is 12.4 Å². The molecule has 16 heavy (non-hydrogen) atoms. The van der Waals surface area contributed by atoms with Gasteiger partial charge < -0.3 is 16.2 Å². The number of hydrogen-bond donors (Lipinski definition) is 2. The lowest BCUT2D eigenvalue weighted by molar-refractivity contribution is -0.142. The monoisotopic (exact) mass is 248 g/mol. The number of rotatable bonds is 3. The molecular weight excluding hydrogens is 235 g/mol. The van der Waals surface area contributed by atoms with Crippen LogP contribution in [0.1, 0.15) is 5.56 Å². The minimum atomic E-state index is -0.750. The molecule has 0 saturated carbocycles. The van der Waals surface area contributed by atoms with E-state index in [9.17, 15) is 9.18 Å². The fourth-order valence-corrected chi connectivity index (χ4v) is 1.21. The third-order valence-electron chi connectivity index (χ3n) is 2.02. The lowest BCUT2D eigenvalue weighted by Crippen LogP contribution is -2.33. The molecule has 0 aliphatic heterocycles. The molecule has 1 rings (SSSR count). The molecule has 4 N–H and O–H groups in total. The Bertz CT molecular complexity index is 374. The summed E-state index contributed by atoms with van der Waals surface area (Å²) in [6.45, 7) is 0. The molecule has 4 nitrogen and oxygen atoms in total. The van der Waals surface area contributed by atoms with E-state index < -0.39 is 17.8 Å². The number of benzene rings is 1. The highest BCUT2D eigenvalue weighted by Crippen LogP contribution is 2.13. The fraction of sp³-hybridized carbons (Fsp3) is 0.300. The minimum absolute atomic E-state index is 0. The molecule has 1 aromatic rings. The zero-order valence-corrected chi connectivity index (χ0v) is 9.59. The smallest absolute Gasteiger partial charge is 0.322 e. The predicted molar refractivity (Wildman–Crippen MR) is 61.8 cm³/mol. The van der Waals surface area contributed by atoms with Gasteiger partial charge in [-0.25, -0.2) is 4.39 Å². The second-order valence-electron chi connectivity index (χ2n) is 3.19. The largest absolute Gasteiger partial charge is 0.468 e. The standard InChI is InChI=1S/C10H13FN2O2.ClH/c1-15-10(14)9(13)5-6-2-3-7(11)8(12)4-6;/h2-4,9H,5,12-13H2,1H3;1H/t9-;/m0./s1. The molecule has 0 spiro atoms. The zero-order chi connectivity index (χ0) is 11.4. The molecule has 0 fully saturated rings. The maximum atomic E-state index is 12.8. The van der Waals surface area contributed by atoms with Gasteiger partial charge in [-0.2, -0.15) is 0 Å². The van der Waals surface area contributed by atoms with Crippen molar-refractivity contribution in [3.05, 3.63) is 29.6 Å². The van der Waals surface area contributed by atoms with Crippen molar-refractivity contribution in [2.45, 2.75) is 12.5 Å². The van der Waals surface area contributed by atoms with Crippen LogP contribution in [0.2, 0.25) is 0 Å². The number of anilines is 1. The summed E-state index contributed by atoms with van der Waals surface area (Å²) in [6, 6.07) is 3.49. The van der Waals surface area contributed by atoms with Crippen LogP contribution in [0.15, 0.2) is 18.2 Å². The van der Waals surface area contributed by atoms with E-state index in [1.165, 1.54) is 25.3 Å². The van der Waals surface area contributed by atoms with Gasteiger partial charge in [0.15, 0.2) is 0 Å². The number of hydrogen-bond acceptors (Lipinski definition) is 4. The molecule has 90 valence electrons. The van der Waals surface area contributed by atoms with Crippen LogP contribution in [-0.4, -0.2) is 19.1 Å². The Labute approximate surface area is 99.2 Å². The Morgan fingerprint density at radius 1 is 1.56 bits per heavy atom. The zero-order valence-electron chi connectivity index (χ0n) is 8.77. The van der Waals surface area contributed by atoms with Gasteiger partial charge in [0.05, 0.1) is 12.8 Å². The van der Waals surface area contributed by atoms with E-state index in [0.717, 1.165) is 0 Å². The number of ether oxygens (including phenoxy) is 1. The summed E-state index contributed by atoms with van der Waals surface area (Å²) in [5.41, 5.74) is 11.7. The molecule has 0 heterocycles. The number of nitrogen functional groups attached to an aromatic ring is 1. The van der Waals surface area contributed by atoms with Crippen molar-refractivity contribution in [2.24, 2.45) is 5.73 Å². The molecule has 0 saturated heterocycles. The Morgan fingerprint density at radius 3 is 2.69 bits per heavy atom. The van der Waals surface area contributed by atoms with Crippen LogP contribution < -0.4 is 11.5 Å². The number of nitrogens with two attached hydrogens (primary N) is 2. The Balaban J connectivity index is 0.00000225. The topological polar surface area (TPSA) is 78.3 Å². The normalized spacial score (nSPS) is 11.4. The molecular formula is C10H14ClFN2O2. The van der Waals surface area contributed by atoms with Gasteiger partial charge in [0.2, 0.25) is 0 Å². The van der Waals surface area contributed by atoms with Crippen molar-refractivity contribution in [3.63, 3.8) is 0 Å². The molecule has 0 aliphatic carbocycles. The molecule has 0 aliphatic rings. The molecule has 0 aromatic heterocycles. The molecule has 0 amide bonds. The molecule has 1 aromatic carbocycles. The molecule has 0 bridgehead atoms. The summed E-state index contributed by atoms with van der Waals surface area (Å²) in [7, 11) is 1.27. The maximum Gasteiger partial charge on any atom is 0.322 e. The van der Waals surface area contributed by atoms with Crippen molar-refractivity contribution < 1.29 is 13.9 Å². The third-order valence-corrected chi connectivity index (χ3v) is 2.02. The molecule has 0 radical (unpaired) electrons. The summed E-state index contributed by atoms with van der Waals surface area (Å²) in [5, 5.41) is 0. The predicted octanol–water partition coefficient (Wildman–Crippen LogP) is 0.872. The first-order valence-corrected chi connectivity index (χ1v) is 4.42. The summed E-state index contributed by atoms with van der Waals surface area (Å²) < 4.78 is 17.3. The quantitative estimate of drug-likeness (QED) is 0.615. The van der Waals surface area contributed by atoms with Crippen LogP contribution in [0.25, 0.3) is 0 Å². The average molecular weight is 249 g/mol. The van der Waals surface area contributed by atoms with Crippen molar-refractivity contribution >= 4 is 24.1 Å². The number of esters is 1. The van der Waals surface area contributed by atoms with Gasteiger partial charge in [-0.05, 0) is 24.1 Å². The van der Waals surface area contributed by atoms with Gasteiger partial charge in [0, 0.05) is 0 Å². The Kier molecular flexibility index (Phi) is 5.77. The summed E-state index contributed by atoms with van der Waals surface area (Å²) in [4.78, 5) is 11.0. The highest BCUT2D eigenvalue weighted by molar-refractivity contribution is 5.85. The number of carbonyl (C=O) groups is 1. The number of carbonyl (C=O) groups excluding carboxylic acids is 1. The van der Waals surface area contributed by atoms with Crippen molar-refractivity contribution in [1.82, 2.24) is 0 Å². The molecule has 0 unspecified atom stereocenters. The lowest BCUT2D eigenvalue weighted by Gasteiger charge is -2.09. The van der Waals surface area contributed by atoms with Crippen molar-refractivity contribution in [1.29, 1.82) is 0 Å². The van der Waals surface area contributed by atoms with Crippen LogP contribution in [0, 0.1) is 5.82 Å². The van der Waals surface area contributed by atoms with Crippen LogP contribution in [0.3, 0.4) is 0 Å². The van der Waals surface area contributed by atoms with E-state index >= 15 is 0 Å². The highest BCUT2D eigenvalue weighted by Gasteiger charge is 2.14. The first-order chi connectivity index (χ1) is 7.04. The van der Waals surface area contributed by atoms with Crippen LogP contribution in [-0.2, 0) is 16.0 Å². The summed E-state index contributed by atoms with van der Waals surface area (Å²) >= 11 is 0. The first-order valence-electron chi connectivity index (χ1n) is 4.42. The van der Waals surface area contributed by atoms with E-state index in [0.29, 0.717) is 5.56 Å². The summed E-state index contributed by atoms with van der Waals surface area (Å²) in [5.74, 6) is -0.983. The van der Waals surface area contributed by atoms with Crippen LogP contribution in [0.4, 0.5) is 10.1 Å². The Morgan fingerprint density at radius 2 is 2.19 bits per heavy atom. The van der Waals surface area contributed by atoms with E-state index in [4.69, 9.17) is 11.5 Å². The van der Waals surface area contributed by atoms with Crippen LogP contribution in [0.5, 0.6) is 0 Å². The van der Waals surface area contributed by atoms with Gasteiger partial charge in [0.1, 0.15) is 11.9 Å². The average Bonchev–Trinajstić information content (AvgIpc) is 2.22. The van der Waals surface area contributed by atoms with Crippen molar-refractivity contribution in [2.75, 3.05) is 12.8 Å². The van der Waals surface area contributed by atoms with Gasteiger partial charge in [-0.15, -0.1) is 12.4 Å². The minimum Gasteiger partial charge on any atom is -0.468 e. The van der Waals surface area contributed by atoms with E-state index in [1.807, 2.05) is 0 Å². The molecule has 1 atom stereocenters. The SMILES string of the molecule is COC(=O)[C@@H](N)Cc1ccc(F)c(N)c1.Cl. The van der Waals surface area contributed by atoms with Crippen molar-refractivity contribution in [3.8, 4) is 0 Å². The number of halogens is 2. The fourth-order valence-electron chi connectivity index (χ4n) is 1.21. The Hall–Kier alpha value is -1.33. The molecule has 6 heteroatoms. The second-order valence-corrected chi connectivity index (χ2v) is 3.19. The van der Waals surface area contributed by atoms with E-state index in [1.54, 1.807) is 0 Å². The first kappa shape index (κ1) is 14.7. The van der Waals surface area contributed by atoms with Gasteiger partial charge in [-0.3, -0.25) is 4.79 Å².